The molecule has 5 rings (SSSR count). The van der Waals surface area contributed by atoms with Gasteiger partial charge in [-0.05, 0) is 81.0 Å². The smallest absolute Gasteiger partial charge is 0.0842 e. The Morgan fingerprint density at radius 2 is 1.33 bits per heavy atom. The predicted octanol–water partition coefficient (Wildman–Crippen LogP) is 5.98. The summed E-state index contributed by atoms with van der Waals surface area (Å²) in [4.78, 5) is 5.91. The Hall–Kier alpha value is -1.68. The van der Waals surface area contributed by atoms with Gasteiger partial charge < -0.3 is 5.73 Å². The summed E-state index contributed by atoms with van der Waals surface area (Å²) in [5.41, 5.74) is 9.64. The second-order valence-corrected chi connectivity index (χ2v) is 10.8. The molecule has 2 aromatic carbocycles. The van der Waals surface area contributed by atoms with Crippen molar-refractivity contribution in [3.63, 3.8) is 0 Å². The van der Waals surface area contributed by atoms with Crippen LogP contribution in [0.1, 0.15) is 81.3 Å². The highest BCUT2D eigenvalue weighted by Gasteiger charge is 2.58. The normalized spacial score (nSPS) is 32.2. The van der Waals surface area contributed by atoms with E-state index in [2.05, 4.69) is 77.4 Å². The molecule has 2 aromatic rings. The second-order valence-electron chi connectivity index (χ2n) is 10.8. The molecule has 0 amide bonds. The Kier molecular flexibility index (Phi) is 7.20. The van der Waals surface area contributed by atoms with Crippen LogP contribution in [0.15, 0.2) is 60.7 Å². The first-order valence-corrected chi connectivity index (χ1v) is 13.6. The molecule has 4 atom stereocenters. The van der Waals surface area contributed by atoms with Crippen LogP contribution in [-0.2, 0) is 0 Å². The van der Waals surface area contributed by atoms with Gasteiger partial charge >= 0.3 is 0 Å². The fourth-order valence-electron chi connectivity index (χ4n) is 7.72. The Labute approximate surface area is 201 Å². The van der Waals surface area contributed by atoms with E-state index < -0.39 is 0 Å². The number of nitrogens with zero attached hydrogens (tertiary/aromatic N) is 2. The van der Waals surface area contributed by atoms with Crippen molar-refractivity contribution in [2.75, 3.05) is 26.2 Å². The molecule has 3 heteroatoms. The number of rotatable bonds is 5. The molecule has 0 spiro atoms. The summed E-state index contributed by atoms with van der Waals surface area (Å²) in [7, 11) is 0. The number of fused-ring (bicyclic) bond motifs is 1. The SMILES string of the molecule is CCCC1C(c2ccccc2)CCCN2CCCC(c3ccccc3)C12N1CCC([15NH2])CC1. The zero-order valence-electron chi connectivity index (χ0n) is 20.5. The first-order chi connectivity index (χ1) is 16.2. The molecule has 0 aliphatic carbocycles. The Bertz CT molecular complexity index is 861. The summed E-state index contributed by atoms with van der Waals surface area (Å²) >= 11 is 0. The molecule has 3 fully saturated rings. The van der Waals surface area contributed by atoms with Crippen LogP contribution in [0.3, 0.4) is 0 Å². The summed E-state index contributed by atoms with van der Waals surface area (Å²) in [6, 6.07) is 23.4. The summed E-state index contributed by atoms with van der Waals surface area (Å²) in [6.45, 7) is 7.16. The van der Waals surface area contributed by atoms with Crippen LogP contribution in [-0.4, -0.2) is 47.7 Å². The lowest BCUT2D eigenvalue weighted by Gasteiger charge is -2.63. The average molecular weight is 447 g/mol. The average Bonchev–Trinajstić information content (AvgIpc) is 3.03. The molecule has 0 bridgehead atoms. The van der Waals surface area contributed by atoms with E-state index >= 15 is 0 Å². The maximum absolute atomic E-state index is 6.44. The zero-order valence-corrected chi connectivity index (χ0v) is 20.5. The molecule has 0 radical (unpaired) electrons. The second kappa shape index (κ2) is 10.3. The fraction of sp³-hybridized carbons (Fsp3) is 0.600. The van der Waals surface area contributed by atoms with Gasteiger partial charge in [-0.2, -0.15) is 0 Å². The third-order valence-corrected chi connectivity index (χ3v) is 8.99. The Morgan fingerprint density at radius 1 is 0.758 bits per heavy atom. The van der Waals surface area contributed by atoms with Gasteiger partial charge in [0.2, 0.25) is 0 Å². The summed E-state index contributed by atoms with van der Waals surface area (Å²) in [5, 5.41) is 0. The first kappa shape index (κ1) is 23.1. The van der Waals surface area contributed by atoms with Gasteiger partial charge in [-0.25, -0.2) is 0 Å². The third kappa shape index (κ3) is 4.29. The quantitative estimate of drug-likeness (QED) is 0.574. The largest absolute Gasteiger partial charge is 0.328 e. The Balaban J connectivity index is 1.68. The maximum atomic E-state index is 6.44. The van der Waals surface area contributed by atoms with Gasteiger partial charge in [-0.1, -0.05) is 74.0 Å². The third-order valence-electron chi connectivity index (χ3n) is 8.99. The Morgan fingerprint density at radius 3 is 1.97 bits per heavy atom. The molecule has 0 aromatic heterocycles. The molecule has 3 heterocycles. The lowest BCUT2D eigenvalue weighted by molar-refractivity contribution is -0.147. The first-order valence-electron chi connectivity index (χ1n) is 13.6. The van der Waals surface area contributed by atoms with E-state index in [0.717, 1.165) is 25.9 Å². The van der Waals surface area contributed by atoms with Gasteiger partial charge in [0.15, 0.2) is 0 Å². The number of hydrogen-bond donors (Lipinski definition) is 1. The van der Waals surface area contributed by atoms with Gasteiger partial charge in [0.1, 0.15) is 0 Å². The maximum Gasteiger partial charge on any atom is 0.0842 e. The number of hydrogen-bond acceptors (Lipinski definition) is 3. The minimum Gasteiger partial charge on any atom is -0.328 e. The van der Waals surface area contributed by atoms with Crippen molar-refractivity contribution in [3.8, 4) is 0 Å². The molecule has 3 nitrogen and oxygen atoms in total. The molecule has 33 heavy (non-hydrogen) atoms. The van der Waals surface area contributed by atoms with Crippen molar-refractivity contribution < 1.29 is 0 Å². The monoisotopic (exact) mass is 446 g/mol. The van der Waals surface area contributed by atoms with Gasteiger partial charge in [0, 0.05) is 25.0 Å². The van der Waals surface area contributed by atoms with E-state index in [-0.39, 0.29) is 5.66 Å². The highest BCUT2D eigenvalue weighted by Crippen LogP contribution is 2.55. The molecule has 3 saturated heterocycles. The lowest BCUT2D eigenvalue weighted by atomic mass is 9.64. The molecule has 2 N–H and O–H groups in total. The predicted molar refractivity (Wildman–Crippen MR) is 138 cm³/mol. The van der Waals surface area contributed by atoms with E-state index in [1.54, 1.807) is 11.1 Å². The van der Waals surface area contributed by atoms with Crippen LogP contribution in [0, 0.1) is 5.92 Å². The molecular formula is C30H43N3. The molecular weight excluding hydrogens is 403 g/mol. The molecule has 0 saturated carbocycles. The van der Waals surface area contributed by atoms with E-state index in [1.807, 2.05) is 0 Å². The van der Waals surface area contributed by atoms with Crippen molar-refractivity contribution in [3.05, 3.63) is 71.8 Å². The zero-order chi connectivity index (χ0) is 22.7. The van der Waals surface area contributed by atoms with Gasteiger partial charge in [-0.15, -0.1) is 0 Å². The van der Waals surface area contributed by atoms with Crippen molar-refractivity contribution in [2.24, 2.45) is 11.7 Å². The number of piperidine rings is 2. The fourth-order valence-corrected chi connectivity index (χ4v) is 7.72. The lowest BCUT2D eigenvalue weighted by Crippen LogP contribution is -2.71. The molecule has 3 aliphatic rings. The van der Waals surface area contributed by atoms with Crippen molar-refractivity contribution in [1.82, 2.24) is 9.80 Å². The van der Waals surface area contributed by atoms with Crippen LogP contribution in [0.25, 0.3) is 0 Å². The minimum atomic E-state index is 0.0900. The summed E-state index contributed by atoms with van der Waals surface area (Å²) in [6.07, 6.45) is 10.0. The van der Waals surface area contributed by atoms with E-state index in [9.17, 15) is 0 Å². The summed E-state index contributed by atoms with van der Waals surface area (Å²) < 4.78 is 0. The van der Waals surface area contributed by atoms with Gasteiger partial charge in [0.05, 0.1) is 5.66 Å². The number of benzene rings is 2. The minimum absolute atomic E-state index is 0.0900. The molecule has 178 valence electrons. The van der Waals surface area contributed by atoms with Crippen LogP contribution in [0.5, 0.6) is 0 Å². The van der Waals surface area contributed by atoms with Crippen molar-refractivity contribution in [2.45, 2.75) is 81.8 Å². The van der Waals surface area contributed by atoms with Crippen LogP contribution in [0.2, 0.25) is 0 Å². The van der Waals surface area contributed by atoms with Crippen LogP contribution >= 0.6 is 0 Å². The van der Waals surface area contributed by atoms with Crippen molar-refractivity contribution >= 4 is 0 Å². The van der Waals surface area contributed by atoms with Crippen LogP contribution in [0.4, 0.5) is 0 Å². The van der Waals surface area contributed by atoms with E-state index in [4.69, 9.17) is 5.73 Å². The highest BCUT2D eigenvalue weighted by atomic mass is 15.4. The van der Waals surface area contributed by atoms with Crippen molar-refractivity contribution in [1.29, 1.82) is 0 Å². The topological polar surface area (TPSA) is 32.5 Å². The number of likely N-dealkylation sites (tertiary alicyclic amines) is 1. The van der Waals surface area contributed by atoms with Gasteiger partial charge in [0.25, 0.3) is 0 Å². The molecule has 3 aliphatic heterocycles. The highest BCUT2D eigenvalue weighted by molar-refractivity contribution is 5.30. The van der Waals surface area contributed by atoms with E-state index in [0.29, 0.717) is 23.8 Å². The van der Waals surface area contributed by atoms with Crippen LogP contribution < -0.4 is 5.73 Å². The van der Waals surface area contributed by atoms with E-state index in [1.165, 1.54) is 51.6 Å². The van der Waals surface area contributed by atoms with Gasteiger partial charge in [-0.3, -0.25) is 9.80 Å². The number of nitrogens with two attached hydrogens (primary N) is 1. The standard InChI is InChI=1S/C30H43N3/c1-2-11-29-27(24-12-5-3-6-13-24)16-9-20-32-21-10-17-28(25-14-7-4-8-15-25)30(29,32)33-22-18-26(31)19-23-33/h3-8,12-15,26-29H,2,9-11,16-23,31H2,1H3/i31+1. The summed E-state index contributed by atoms with van der Waals surface area (Å²) in [5.74, 6) is 1.81. The molecule has 4 unspecified atom stereocenters.